The average molecular weight is 190 g/mol. The van der Waals surface area contributed by atoms with Crippen molar-refractivity contribution in [3.05, 3.63) is 35.9 Å². The van der Waals surface area contributed by atoms with Gasteiger partial charge in [-0.25, -0.2) is 0 Å². The zero-order valence-electron chi connectivity index (χ0n) is 8.52. The third kappa shape index (κ3) is 2.14. The Labute approximate surface area is 85.7 Å². The van der Waals surface area contributed by atoms with E-state index in [1.807, 2.05) is 0 Å². The summed E-state index contributed by atoms with van der Waals surface area (Å²) in [6.07, 6.45) is 2.43. The lowest BCUT2D eigenvalue weighted by atomic mass is 10.0. The van der Waals surface area contributed by atoms with Crippen molar-refractivity contribution < 1.29 is 0 Å². The van der Waals surface area contributed by atoms with E-state index in [1.54, 1.807) is 0 Å². The van der Waals surface area contributed by atoms with E-state index in [9.17, 15) is 0 Å². The van der Waals surface area contributed by atoms with Crippen molar-refractivity contribution in [3.8, 4) is 0 Å². The highest BCUT2D eigenvalue weighted by molar-refractivity contribution is 5.15. The Morgan fingerprint density at radius 3 is 2.64 bits per heavy atom. The molecule has 1 heterocycles. The third-order valence-corrected chi connectivity index (χ3v) is 3.07. The first-order chi connectivity index (χ1) is 6.90. The van der Waals surface area contributed by atoms with Crippen LogP contribution in [0.5, 0.6) is 0 Å². The van der Waals surface area contributed by atoms with Gasteiger partial charge in [-0.15, -0.1) is 0 Å². The van der Waals surface area contributed by atoms with Gasteiger partial charge in [0.1, 0.15) is 0 Å². The maximum absolute atomic E-state index is 5.65. The van der Waals surface area contributed by atoms with Crippen LogP contribution in [0.15, 0.2) is 30.3 Å². The lowest BCUT2D eigenvalue weighted by Crippen LogP contribution is -2.52. The van der Waals surface area contributed by atoms with Gasteiger partial charge in [0.15, 0.2) is 0 Å². The van der Waals surface area contributed by atoms with Gasteiger partial charge in [-0.05, 0) is 18.4 Å². The Balaban J connectivity index is 1.78. The molecule has 2 rings (SSSR count). The van der Waals surface area contributed by atoms with E-state index < -0.39 is 0 Å². The minimum atomic E-state index is 0.652. The summed E-state index contributed by atoms with van der Waals surface area (Å²) in [5, 5.41) is 0. The van der Waals surface area contributed by atoms with Gasteiger partial charge in [0, 0.05) is 25.7 Å². The van der Waals surface area contributed by atoms with Gasteiger partial charge in [0.2, 0.25) is 0 Å². The first kappa shape index (κ1) is 9.69. The summed E-state index contributed by atoms with van der Waals surface area (Å²) in [7, 11) is 0. The topological polar surface area (TPSA) is 29.3 Å². The van der Waals surface area contributed by atoms with Crippen LogP contribution in [0.3, 0.4) is 0 Å². The van der Waals surface area contributed by atoms with Crippen molar-refractivity contribution in [2.45, 2.75) is 18.9 Å². The molecule has 1 aromatic carbocycles. The summed E-state index contributed by atoms with van der Waals surface area (Å²) in [5.41, 5.74) is 7.08. The second-order valence-electron chi connectivity index (χ2n) is 3.95. The molecule has 1 saturated heterocycles. The lowest BCUT2D eigenvalue weighted by molar-refractivity contribution is 0.0986. The predicted molar refractivity (Wildman–Crippen MR) is 59.2 cm³/mol. The summed E-state index contributed by atoms with van der Waals surface area (Å²) >= 11 is 0. The number of hydrogen-bond acceptors (Lipinski definition) is 2. The molecule has 0 aromatic heterocycles. The zero-order chi connectivity index (χ0) is 9.80. The van der Waals surface area contributed by atoms with E-state index in [-0.39, 0.29) is 0 Å². The van der Waals surface area contributed by atoms with Crippen LogP contribution in [0.25, 0.3) is 0 Å². The van der Waals surface area contributed by atoms with Gasteiger partial charge < -0.3 is 5.73 Å². The Morgan fingerprint density at radius 2 is 2.07 bits per heavy atom. The quantitative estimate of drug-likeness (QED) is 0.774. The van der Waals surface area contributed by atoms with Crippen LogP contribution < -0.4 is 5.73 Å². The standard InChI is InChI=1S/C12H18N2/c13-10-12-7-9-14(12)8-6-11-4-2-1-3-5-11/h1-5,12H,6-10,13H2. The fourth-order valence-corrected chi connectivity index (χ4v) is 1.97. The summed E-state index contributed by atoms with van der Waals surface area (Å²) < 4.78 is 0. The molecule has 1 aromatic rings. The number of hydrogen-bond donors (Lipinski definition) is 1. The van der Waals surface area contributed by atoms with E-state index in [0.29, 0.717) is 6.04 Å². The fraction of sp³-hybridized carbons (Fsp3) is 0.500. The molecule has 1 aliphatic rings. The van der Waals surface area contributed by atoms with Crippen LogP contribution in [0.4, 0.5) is 0 Å². The van der Waals surface area contributed by atoms with Gasteiger partial charge in [-0.3, -0.25) is 4.90 Å². The van der Waals surface area contributed by atoms with Crippen molar-refractivity contribution in [2.75, 3.05) is 19.6 Å². The highest BCUT2D eigenvalue weighted by Crippen LogP contribution is 2.16. The van der Waals surface area contributed by atoms with Crippen molar-refractivity contribution in [2.24, 2.45) is 5.73 Å². The summed E-state index contributed by atoms with van der Waals surface area (Å²) in [4.78, 5) is 2.48. The van der Waals surface area contributed by atoms with Gasteiger partial charge in [-0.2, -0.15) is 0 Å². The molecule has 76 valence electrons. The van der Waals surface area contributed by atoms with Crippen LogP contribution in [-0.2, 0) is 6.42 Å². The molecule has 0 radical (unpaired) electrons. The Morgan fingerprint density at radius 1 is 1.29 bits per heavy atom. The monoisotopic (exact) mass is 190 g/mol. The summed E-state index contributed by atoms with van der Waals surface area (Å²) in [6, 6.07) is 11.3. The second kappa shape index (κ2) is 4.58. The first-order valence-corrected chi connectivity index (χ1v) is 5.38. The van der Waals surface area contributed by atoms with Crippen molar-refractivity contribution in [3.63, 3.8) is 0 Å². The molecule has 14 heavy (non-hydrogen) atoms. The van der Waals surface area contributed by atoms with E-state index in [0.717, 1.165) is 19.5 Å². The highest BCUT2D eigenvalue weighted by Gasteiger charge is 2.25. The summed E-state index contributed by atoms with van der Waals surface area (Å²) in [5.74, 6) is 0. The molecule has 1 fully saturated rings. The molecular weight excluding hydrogens is 172 g/mol. The minimum Gasteiger partial charge on any atom is -0.329 e. The molecule has 1 unspecified atom stereocenters. The molecule has 2 N–H and O–H groups in total. The Kier molecular flexibility index (Phi) is 3.17. The molecule has 1 aliphatic heterocycles. The van der Waals surface area contributed by atoms with Crippen LogP contribution in [0.1, 0.15) is 12.0 Å². The Hall–Kier alpha value is -0.860. The number of nitrogens with zero attached hydrogens (tertiary/aromatic N) is 1. The van der Waals surface area contributed by atoms with E-state index in [4.69, 9.17) is 5.73 Å². The van der Waals surface area contributed by atoms with Crippen LogP contribution >= 0.6 is 0 Å². The fourth-order valence-electron chi connectivity index (χ4n) is 1.97. The van der Waals surface area contributed by atoms with Gasteiger partial charge in [0.25, 0.3) is 0 Å². The number of rotatable bonds is 4. The van der Waals surface area contributed by atoms with Crippen molar-refractivity contribution in [1.82, 2.24) is 4.90 Å². The molecule has 0 amide bonds. The van der Waals surface area contributed by atoms with Gasteiger partial charge in [0.05, 0.1) is 0 Å². The van der Waals surface area contributed by atoms with Gasteiger partial charge in [-0.1, -0.05) is 30.3 Å². The zero-order valence-corrected chi connectivity index (χ0v) is 8.52. The first-order valence-electron chi connectivity index (χ1n) is 5.38. The van der Waals surface area contributed by atoms with E-state index in [1.165, 1.54) is 18.5 Å². The SMILES string of the molecule is NCC1CCN1CCc1ccccc1. The maximum atomic E-state index is 5.65. The highest BCUT2D eigenvalue weighted by atomic mass is 15.2. The second-order valence-corrected chi connectivity index (χ2v) is 3.95. The minimum absolute atomic E-state index is 0.652. The number of benzene rings is 1. The molecule has 2 nitrogen and oxygen atoms in total. The smallest absolute Gasteiger partial charge is 0.0230 e. The van der Waals surface area contributed by atoms with Crippen molar-refractivity contribution >= 4 is 0 Å². The predicted octanol–water partition coefficient (Wildman–Crippen LogP) is 1.26. The van der Waals surface area contributed by atoms with Crippen LogP contribution in [-0.4, -0.2) is 30.6 Å². The Bertz CT molecular complexity index is 269. The molecule has 0 aliphatic carbocycles. The molecule has 0 bridgehead atoms. The molecular formula is C12H18N2. The molecule has 0 spiro atoms. The summed E-state index contributed by atoms with van der Waals surface area (Å²) in [6.45, 7) is 3.20. The lowest BCUT2D eigenvalue weighted by Gasteiger charge is -2.40. The molecule has 0 saturated carbocycles. The van der Waals surface area contributed by atoms with Gasteiger partial charge >= 0.3 is 0 Å². The molecule has 2 heteroatoms. The van der Waals surface area contributed by atoms with E-state index >= 15 is 0 Å². The van der Waals surface area contributed by atoms with Crippen molar-refractivity contribution in [1.29, 1.82) is 0 Å². The van der Waals surface area contributed by atoms with Crippen LogP contribution in [0.2, 0.25) is 0 Å². The number of nitrogens with two attached hydrogens (primary N) is 1. The largest absolute Gasteiger partial charge is 0.329 e. The number of likely N-dealkylation sites (tertiary alicyclic amines) is 1. The van der Waals surface area contributed by atoms with E-state index in [2.05, 4.69) is 35.2 Å². The third-order valence-electron chi connectivity index (χ3n) is 3.07. The molecule has 1 atom stereocenters. The maximum Gasteiger partial charge on any atom is 0.0230 e. The van der Waals surface area contributed by atoms with Crippen LogP contribution in [0, 0.1) is 0 Å². The normalized spacial score (nSPS) is 21.9. The average Bonchev–Trinajstić information content (AvgIpc) is 2.19.